The summed E-state index contributed by atoms with van der Waals surface area (Å²) in [5.74, 6) is 1.70. The molecule has 0 saturated heterocycles. The second-order valence-electron chi connectivity index (χ2n) is 5.42. The van der Waals surface area contributed by atoms with Crippen LogP contribution in [-0.4, -0.2) is 18.8 Å². The lowest BCUT2D eigenvalue weighted by molar-refractivity contribution is -0.118. The third kappa shape index (κ3) is 5.04. The fourth-order valence-electron chi connectivity index (χ4n) is 2.28. The molecule has 26 heavy (non-hydrogen) atoms. The maximum absolute atomic E-state index is 12.2. The molecule has 0 heterocycles. The van der Waals surface area contributed by atoms with Crippen molar-refractivity contribution in [2.75, 3.05) is 18.2 Å². The zero-order valence-electron chi connectivity index (χ0n) is 14.3. The van der Waals surface area contributed by atoms with E-state index in [2.05, 4.69) is 5.32 Å². The maximum Gasteiger partial charge on any atom is 0.262 e. The molecule has 0 aliphatic rings. The van der Waals surface area contributed by atoms with Gasteiger partial charge in [0.25, 0.3) is 5.91 Å². The Balaban J connectivity index is 1.60. The van der Waals surface area contributed by atoms with E-state index in [1.807, 2.05) is 79.1 Å². The first-order valence-corrected chi connectivity index (χ1v) is 9.36. The molecule has 0 fully saturated rings. The largest absolute Gasteiger partial charge is 0.484 e. The molecule has 0 radical (unpaired) electrons. The third-order valence-corrected chi connectivity index (χ3v) is 4.31. The second kappa shape index (κ2) is 8.97. The molecule has 132 valence electrons. The molecule has 0 aromatic heterocycles. The fraction of sp³-hybridized carbons (Fsp3) is 0.0952. The lowest BCUT2D eigenvalue weighted by Gasteiger charge is -2.12. The van der Waals surface area contributed by atoms with Gasteiger partial charge in [-0.05, 0) is 54.8 Å². The number of amides is 1. The molecule has 4 nitrogen and oxygen atoms in total. The Hall–Kier alpha value is -2.92. The van der Waals surface area contributed by atoms with Crippen LogP contribution < -0.4 is 14.8 Å². The van der Waals surface area contributed by atoms with Crippen molar-refractivity contribution < 1.29 is 14.3 Å². The average molecular weight is 365 g/mol. The zero-order chi connectivity index (χ0) is 18.2. The summed E-state index contributed by atoms with van der Waals surface area (Å²) in [6.07, 6.45) is 2.01. The highest BCUT2D eigenvalue weighted by atomic mass is 32.2. The molecule has 0 atom stereocenters. The molecule has 0 bridgehead atoms. The Kier molecular flexibility index (Phi) is 6.17. The predicted molar refractivity (Wildman–Crippen MR) is 105 cm³/mol. The standard InChI is InChI=1S/C21H19NO3S/c1-26-18-13-11-16(12-14-18)24-15-21(23)22-19-9-5-6-10-20(19)25-17-7-3-2-4-8-17/h2-14H,15H2,1H3,(H,22,23). The van der Waals surface area contributed by atoms with Gasteiger partial charge in [0.1, 0.15) is 11.5 Å². The first-order valence-electron chi connectivity index (χ1n) is 8.13. The highest BCUT2D eigenvalue weighted by Crippen LogP contribution is 2.29. The second-order valence-corrected chi connectivity index (χ2v) is 6.30. The molecule has 0 unspecified atom stereocenters. The van der Waals surface area contributed by atoms with Crippen molar-refractivity contribution in [2.45, 2.75) is 4.90 Å². The van der Waals surface area contributed by atoms with Crippen LogP contribution in [0.1, 0.15) is 0 Å². The highest BCUT2D eigenvalue weighted by molar-refractivity contribution is 7.98. The first-order chi connectivity index (χ1) is 12.7. The normalized spacial score (nSPS) is 10.2. The van der Waals surface area contributed by atoms with E-state index in [9.17, 15) is 4.79 Å². The minimum Gasteiger partial charge on any atom is -0.484 e. The summed E-state index contributed by atoms with van der Waals surface area (Å²) in [7, 11) is 0. The van der Waals surface area contributed by atoms with Crippen LogP contribution in [0.25, 0.3) is 0 Å². The van der Waals surface area contributed by atoms with E-state index in [0.717, 1.165) is 4.90 Å². The zero-order valence-corrected chi connectivity index (χ0v) is 15.2. The summed E-state index contributed by atoms with van der Waals surface area (Å²) < 4.78 is 11.4. The Morgan fingerprint density at radius 3 is 2.31 bits per heavy atom. The molecule has 1 N–H and O–H groups in total. The summed E-state index contributed by atoms with van der Waals surface area (Å²) in [5.41, 5.74) is 0.600. The molecule has 0 saturated carbocycles. The van der Waals surface area contributed by atoms with Crippen LogP contribution in [0, 0.1) is 0 Å². The molecule has 3 aromatic rings. The molecule has 3 aromatic carbocycles. The van der Waals surface area contributed by atoms with Crippen molar-refractivity contribution in [3.8, 4) is 17.2 Å². The van der Waals surface area contributed by atoms with Gasteiger partial charge in [-0.3, -0.25) is 4.79 Å². The summed E-state index contributed by atoms with van der Waals surface area (Å²) >= 11 is 1.66. The number of benzene rings is 3. The summed E-state index contributed by atoms with van der Waals surface area (Å²) in [5, 5.41) is 2.83. The first kappa shape index (κ1) is 17.9. The van der Waals surface area contributed by atoms with Crippen LogP contribution >= 0.6 is 11.8 Å². The van der Waals surface area contributed by atoms with Crippen LogP contribution in [0.5, 0.6) is 17.2 Å². The van der Waals surface area contributed by atoms with Crippen molar-refractivity contribution in [2.24, 2.45) is 0 Å². The molecule has 1 amide bonds. The van der Waals surface area contributed by atoms with Crippen molar-refractivity contribution in [1.29, 1.82) is 0 Å². The number of ether oxygens (including phenoxy) is 2. The number of rotatable bonds is 7. The number of nitrogens with one attached hydrogen (secondary N) is 1. The van der Waals surface area contributed by atoms with Crippen molar-refractivity contribution >= 4 is 23.4 Å². The summed E-state index contributed by atoms with van der Waals surface area (Å²) in [6, 6.07) is 24.4. The summed E-state index contributed by atoms with van der Waals surface area (Å²) in [4.78, 5) is 13.4. The van der Waals surface area contributed by atoms with Gasteiger partial charge in [-0.2, -0.15) is 0 Å². The number of hydrogen-bond donors (Lipinski definition) is 1. The minimum atomic E-state index is -0.247. The number of para-hydroxylation sites is 3. The van der Waals surface area contributed by atoms with Crippen molar-refractivity contribution in [3.05, 3.63) is 78.9 Å². The molecule has 3 rings (SSSR count). The van der Waals surface area contributed by atoms with Crippen molar-refractivity contribution in [1.82, 2.24) is 0 Å². The van der Waals surface area contributed by atoms with E-state index in [1.54, 1.807) is 17.8 Å². The van der Waals surface area contributed by atoms with Gasteiger partial charge in [-0.25, -0.2) is 0 Å². The Labute approximate surface area is 157 Å². The average Bonchev–Trinajstić information content (AvgIpc) is 2.69. The molecule has 0 spiro atoms. The number of thioether (sulfide) groups is 1. The van der Waals surface area contributed by atoms with Crippen LogP contribution in [0.15, 0.2) is 83.8 Å². The molecular weight excluding hydrogens is 346 g/mol. The summed E-state index contributed by atoms with van der Waals surface area (Å²) in [6.45, 7) is -0.0711. The van der Waals surface area contributed by atoms with Gasteiger partial charge >= 0.3 is 0 Å². The van der Waals surface area contributed by atoms with E-state index < -0.39 is 0 Å². The van der Waals surface area contributed by atoms with Crippen LogP contribution in [0.3, 0.4) is 0 Å². The van der Waals surface area contributed by atoms with Crippen LogP contribution in [0.2, 0.25) is 0 Å². The number of carbonyl (C=O) groups is 1. The molecule has 5 heteroatoms. The lowest BCUT2D eigenvalue weighted by Crippen LogP contribution is -2.20. The van der Waals surface area contributed by atoms with Gasteiger partial charge in [0.2, 0.25) is 0 Å². The van der Waals surface area contributed by atoms with Gasteiger partial charge in [-0.15, -0.1) is 11.8 Å². The quantitative estimate of drug-likeness (QED) is 0.583. The Bertz CT molecular complexity index is 851. The number of carbonyl (C=O) groups excluding carboxylic acids is 1. The number of anilines is 1. The SMILES string of the molecule is CSc1ccc(OCC(=O)Nc2ccccc2Oc2ccccc2)cc1. The van der Waals surface area contributed by atoms with E-state index >= 15 is 0 Å². The Morgan fingerprint density at radius 2 is 1.58 bits per heavy atom. The molecule has 0 aliphatic heterocycles. The monoisotopic (exact) mass is 365 g/mol. The van der Waals surface area contributed by atoms with Gasteiger partial charge in [-0.1, -0.05) is 30.3 Å². The van der Waals surface area contributed by atoms with E-state index in [0.29, 0.717) is 22.9 Å². The van der Waals surface area contributed by atoms with Gasteiger partial charge < -0.3 is 14.8 Å². The van der Waals surface area contributed by atoms with E-state index in [-0.39, 0.29) is 12.5 Å². The van der Waals surface area contributed by atoms with E-state index in [1.165, 1.54) is 0 Å². The number of hydrogen-bond acceptors (Lipinski definition) is 4. The van der Waals surface area contributed by atoms with E-state index in [4.69, 9.17) is 9.47 Å². The maximum atomic E-state index is 12.2. The Morgan fingerprint density at radius 1 is 0.885 bits per heavy atom. The van der Waals surface area contributed by atoms with Gasteiger partial charge in [0.15, 0.2) is 12.4 Å². The van der Waals surface area contributed by atoms with Crippen LogP contribution in [-0.2, 0) is 4.79 Å². The lowest BCUT2D eigenvalue weighted by atomic mass is 10.3. The third-order valence-electron chi connectivity index (χ3n) is 3.56. The highest BCUT2D eigenvalue weighted by Gasteiger charge is 2.09. The molecule has 0 aliphatic carbocycles. The minimum absolute atomic E-state index is 0.0711. The molecular formula is C21H19NO3S. The van der Waals surface area contributed by atoms with Crippen molar-refractivity contribution in [3.63, 3.8) is 0 Å². The van der Waals surface area contributed by atoms with Gasteiger partial charge in [0, 0.05) is 4.90 Å². The van der Waals surface area contributed by atoms with Crippen LogP contribution in [0.4, 0.5) is 5.69 Å². The predicted octanol–water partition coefficient (Wildman–Crippen LogP) is 5.22. The fourth-order valence-corrected chi connectivity index (χ4v) is 2.69. The topological polar surface area (TPSA) is 47.6 Å². The smallest absolute Gasteiger partial charge is 0.262 e. The van der Waals surface area contributed by atoms with Gasteiger partial charge in [0.05, 0.1) is 5.69 Å².